The number of carbonyl (C=O) groups excluding carboxylic acids is 2. The highest BCUT2D eigenvalue weighted by Crippen LogP contribution is 2.60. The van der Waals surface area contributed by atoms with Crippen LogP contribution in [0.3, 0.4) is 0 Å². The lowest BCUT2D eigenvalue weighted by atomic mass is 9.55. The zero-order valence-electron chi connectivity index (χ0n) is 21.5. The van der Waals surface area contributed by atoms with Gasteiger partial charge in [0.05, 0.1) is 27.4 Å². The van der Waals surface area contributed by atoms with Crippen molar-refractivity contribution in [3.63, 3.8) is 0 Å². The molecule has 2 bridgehead atoms. The third-order valence-electron chi connectivity index (χ3n) is 8.24. The fourth-order valence-corrected chi connectivity index (χ4v) is 7.00. The molecule has 0 N–H and O–H groups in total. The molecule has 4 aliphatic rings. The van der Waals surface area contributed by atoms with Crippen molar-refractivity contribution in [3.8, 4) is 5.75 Å². The number of benzene rings is 4. The molecule has 41 heavy (non-hydrogen) atoms. The minimum Gasteiger partial charge on any atom is -0.488 e. The van der Waals surface area contributed by atoms with Crippen molar-refractivity contribution in [1.29, 1.82) is 0 Å². The van der Waals surface area contributed by atoms with Crippen molar-refractivity contribution in [2.75, 3.05) is 0 Å². The van der Waals surface area contributed by atoms with Crippen LogP contribution in [-0.2, 0) is 16.2 Å². The summed E-state index contributed by atoms with van der Waals surface area (Å²) in [6.07, 6.45) is 1.51. The molecular weight excluding hydrogens is 586 g/mol. The first kappa shape index (κ1) is 25.3. The van der Waals surface area contributed by atoms with Gasteiger partial charge in [-0.1, -0.05) is 48.5 Å². The summed E-state index contributed by atoms with van der Waals surface area (Å²) in [6.45, 7) is 0.233. The smallest absolute Gasteiger partial charge is 0.269 e. The van der Waals surface area contributed by atoms with E-state index in [4.69, 9.17) is 4.74 Å². The van der Waals surface area contributed by atoms with E-state index in [1.54, 1.807) is 30.3 Å². The van der Waals surface area contributed by atoms with Gasteiger partial charge in [-0.05, 0) is 79.6 Å². The Morgan fingerprint density at radius 1 is 0.829 bits per heavy atom. The van der Waals surface area contributed by atoms with E-state index in [1.807, 2.05) is 24.3 Å². The second kappa shape index (κ2) is 9.78. The van der Waals surface area contributed by atoms with E-state index < -0.39 is 16.8 Å². The van der Waals surface area contributed by atoms with Crippen LogP contribution in [0.15, 0.2) is 101 Å². The molecule has 3 aliphatic carbocycles. The van der Waals surface area contributed by atoms with Crippen molar-refractivity contribution < 1.29 is 19.2 Å². The van der Waals surface area contributed by atoms with Crippen LogP contribution in [-0.4, -0.2) is 28.0 Å². The Kier molecular flexibility index (Phi) is 6.04. The summed E-state index contributed by atoms with van der Waals surface area (Å²) >= 11 is 3.51. The molecule has 1 aliphatic heterocycles. The van der Waals surface area contributed by atoms with Crippen molar-refractivity contribution >= 4 is 39.6 Å². The maximum atomic E-state index is 13.7. The van der Waals surface area contributed by atoms with Crippen LogP contribution in [0.4, 0.5) is 5.69 Å². The van der Waals surface area contributed by atoms with E-state index in [1.165, 1.54) is 18.3 Å². The number of hydrogen-bond donors (Lipinski definition) is 0. The molecule has 0 radical (unpaired) electrons. The van der Waals surface area contributed by atoms with Gasteiger partial charge >= 0.3 is 0 Å². The minimum absolute atomic E-state index is 0.0227. The number of hydrazone groups is 1. The molecule has 9 heteroatoms. The van der Waals surface area contributed by atoms with Crippen molar-refractivity contribution in [2.45, 2.75) is 18.4 Å². The first-order valence-corrected chi connectivity index (χ1v) is 14.0. The Hall–Kier alpha value is -4.63. The van der Waals surface area contributed by atoms with Crippen molar-refractivity contribution in [2.24, 2.45) is 16.9 Å². The van der Waals surface area contributed by atoms with E-state index >= 15 is 0 Å². The maximum Gasteiger partial charge on any atom is 0.269 e. The average molecular weight is 608 g/mol. The van der Waals surface area contributed by atoms with E-state index in [-0.39, 0.29) is 35.9 Å². The lowest BCUT2D eigenvalue weighted by molar-refractivity contribution is -0.384. The third-order valence-corrected chi connectivity index (χ3v) is 8.86. The molecule has 0 aromatic heterocycles. The van der Waals surface area contributed by atoms with E-state index in [2.05, 4.69) is 45.3 Å². The molecule has 0 spiro atoms. The van der Waals surface area contributed by atoms with Gasteiger partial charge in [0.15, 0.2) is 0 Å². The number of nitro benzene ring substituents is 1. The van der Waals surface area contributed by atoms with Gasteiger partial charge in [-0.15, -0.1) is 0 Å². The molecule has 1 fully saturated rings. The van der Waals surface area contributed by atoms with E-state index in [9.17, 15) is 19.7 Å². The summed E-state index contributed by atoms with van der Waals surface area (Å²) in [5.74, 6) is -1.25. The Balaban J connectivity index is 1.11. The molecule has 8 nitrogen and oxygen atoms in total. The highest BCUT2D eigenvalue weighted by molar-refractivity contribution is 9.10. The molecule has 1 saturated heterocycles. The highest BCUT2D eigenvalue weighted by atomic mass is 79.9. The Morgan fingerprint density at radius 3 is 1.85 bits per heavy atom. The number of nitrogens with zero attached hydrogens (tertiary/aromatic N) is 3. The molecule has 0 unspecified atom stereocenters. The molecule has 8 rings (SSSR count). The van der Waals surface area contributed by atoms with Crippen LogP contribution in [0.5, 0.6) is 5.75 Å². The van der Waals surface area contributed by atoms with E-state index in [0.717, 1.165) is 32.8 Å². The van der Waals surface area contributed by atoms with Gasteiger partial charge in [0.25, 0.3) is 17.5 Å². The topological polar surface area (TPSA) is 102 Å². The fraction of sp³-hybridized carbons (Fsp3) is 0.156. The third kappa shape index (κ3) is 4.07. The van der Waals surface area contributed by atoms with Crippen LogP contribution in [0.2, 0.25) is 0 Å². The normalized spacial score (nSPS) is 22.0. The second-order valence-electron chi connectivity index (χ2n) is 10.4. The van der Waals surface area contributed by atoms with Crippen LogP contribution < -0.4 is 4.74 Å². The summed E-state index contributed by atoms with van der Waals surface area (Å²) in [6, 6.07) is 27.8. The van der Waals surface area contributed by atoms with Crippen molar-refractivity contribution in [3.05, 3.63) is 139 Å². The van der Waals surface area contributed by atoms with Gasteiger partial charge in [-0.3, -0.25) is 19.7 Å². The Labute approximate surface area is 243 Å². The fourth-order valence-electron chi connectivity index (χ4n) is 6.49. The van der Waals surface area contributed by atoms with Gasteiger partial charge in [-0.25, -0.2) is 0 Å². The molecule has 4 aromatic rings. The Morgan fingerprint density at radius 2 is 1.37 bits per heavy atom. The number of rotatable bonds is 6. The summed E-state index contributed by atoms with van der Waals surface area (Å²) in [5, 5.41) is 16.3. The van der Waals surface area contributed by atoms with E-state index in [0.29, 0.717) is 15.8 Å². The van der Waals surface area contributed by atoms with Gasteiger partial charge < -0.3 is 4.74 Å². The summed E-state index contributed by atoms with van der Waals surface area (Å²) in [5.41, 5.74) is 5.99. The van der Waals surface area contributed by atoms with Crippen LogP contribution in [0.25, 0.3) is 0 Å². The summed E-state index contributed by atoms with van der Waals surface area (Å²) in [4.78, 5) is 37.8. The molecule has 202 valence electrons. The molecule has 0 saturated carbocycles. The minimum atomic E-state index is -0.476. The predicted octanol–water partition coefficient (Wildman–Crippen LogP) is 6.16. The number of nitro groups is 1. The van der Waals surface area contributed by atoms with Crippen LogP contribution in [0.1, 0.15) is 45.2 Å². The maximum absolute atomic E-state index is 13.7. The second-order valence-corrected chi connectivity index (χ2v) is 11.3. The first-order chi connectivity index (χ1) is 19.9. The van der Waals surface area contributed by atoms with Crippen LogP contribution >= 0.6 is 15.9 Å². The van der Waals surface area contributed by atoms with Gasteiger partial charge in [-0.2, -0.15) is 10.1 Å². The van der Waals surface area contributed by atoms with Crippen LogP contribution in [0, 0.1) is 22.0 Å². The Bertz CT molecular complexity index is 1650. The molecule has 4 aromatic carbocycles. The molecule has 1 heterocycles. The lowest BCUT2D eigenvalue weighted by Gasteiger charge is -2.45. The number of amides is 2. The molecule has 2 atom stereocenters. The average Bonchev–Trinajstić information content (AvgIpc) is 3.25. The number of carbonyl (C=O) groups is 2. The summed E-state index contributed by atoms with van der Waals surface area (Å²) < 4.78 is 6.53. The largest absolute Gasteiger partial charge is 0.488 e. The van der Waals surface area contributed by atoms with Crippen molar-refractivity contribution in [1.82, 2.24) is 5.01 Å². The zero-order valence-corrected chi connectivity index (χ0v) is 23.1. The molecular formula is C32H22BrN3O5. The number of halogens is 1. The zero-order chi connectivity index (χ0) is 28.2. The van der Waals surface area contributed by atoms with Gasteiger partial charge in [0.1, 0.15) is 12.4 Å². The predicted molar refractivity (Wildman–Crippen MR) is 155 cm³/mol. The van der Waals surface area contributed by atoms with Gasteiger partial charge in [0.2, 0.25) is 0 Å². The van der Waals surface area contributed by atoms with Gasteiger partial charge in [0, 0.05) is 24.0 Å². The quantitative estimate of drug-likeness (QED) is 0.113. The first-order valence-electron chi connectivity index (χ1n) is 13.2. The monoisotopic (exact) mass is 607 g/mol. The standard InChI is InChI=1S/C32H22BrN3O5/c33-25-15-19(11-14-26(25)41-17-18-9-12-20(13-10-18)36(39)40)16-34-35-31(37)29-27-21-5-1-2-6-22(21)28(30(29)32(35)38)24-8-4-3-7-23(24)27/h1-16,27-30H,17H2/b34-16-/t27?,28?,29-,30+. The number of imide groups is 1. The highest BCUT2D eigenvalue weighted by Gasteiger charge is 2.61. The molecule has 2 amide bonds. The summed E-state index contributed by atoms with van der Waals surface area (Å²) in [7, 11) is 0. The lowest BCUT2D eigenvalue weighted by Crippen LogP contribution is -2.41. The number of hydrogen-bond acceptors (Lipinski definition) is 6. The number of ether oxygens (including phenoxy) is 1. The SMILES string of the molecule is O=C1[C@@H]2C3c4ccccc4C(c4ccccc43)[C@@H]2C(=O)N1/N=C\c1ccc(OCc2ccc([N+](=O)[O-])cc2)c(Br)c1. The number of non-ortho nitro benzene ring substituents is 1.